The molecule has 0 aromatic heterocycles. The quantitative estimate of drug-likeness (QED) is 0.565. The minimum atomic E-state index is -2.76. The average Bonchev–Trinajstić information content (AvgIpc) is 0.722. The molecule has 4 N–H and O–H groups in total. The zero-order valence-corrected chi connectivity index (χ0v) is 7.76. The van der Waals surface area contributed by atoms with E-state index < -0.39 is 14.0 Å². The Morgan fingerprint density at radius 3 is 1.17 bits per heavy atom. The van der Waals surface area contributed by atoms with Crippen molar-refractivity contribution in [1.29, 1.82) is 0 Å². The molecule has 0 aromatic rings. The maximum absolute atomic E-state index is 5.00. The van der Waals surface area contributed by atoms with Crippen molar-refractivity contribution in [3.05, 3.63) is 0 Å². The maximum atomic E-state index is 5.00. The van der Waals surface area contributed by atoms with E-state index in [2.05, 4.69) is 0 Å². The first-order valence-corrected chi connectivity index (χ1v) is 6.40. The number of nitrogens with two attached hydrogens (primary N) is 2. The van der Waals surface area contributed by atoms with E-state index in [0.717, 1.165) is 0 Å². The monoisotopic (exact) mass is 405 g/mol. The second kappa shape index (κ2) is 3.85. The molecule has 0 fully saturated rings. The molecule has 0 bridgehead atoms. The van der Waals surface area contributed by atoms with Gasteiger partial charge in [0.25, 0.3) is 0 Å². The van der Waals surface area contributed by atoms with Crippen molar-refractivity contribution in [3.63, 3.8) is 0 Å². The Bertz CT molecular complexity index is 27.0. The molecule has 0 aliphatic heterocycles. The van der Waals surface area contributed by atoms with E-state index in [1.165, 1.54) is 0 Å². The van der Waals surface area contributed by atoms with E-state index >= 15 is 0 Å². The summed E-state index contributed by atoms with van der Waals surface area (Å²) in [4.78, 5) is 0. The molecule has 1 radical (unpaired) electrons. The van der Waals surface area contributed by atoms with Crippen LogP contribution in [0.3, 0.4) is 0 Å². The third-order valence-electron chi connectivity index (χ3n) is 0. The number of hydrogen-bond acceptors (Lipinski definition) is 2. The fourth-order valence-corrected chi connectivity index (χ4v) is 0. The van der Waals surface area contributed by atoms with Crippen molar-refractivity contribution >= 4 is 19.1 Å². The van der Waals surface area contributed by atoms with Gasteiger partial charge in [0.1, 0.15) is 0 Å². The molecule has 6 heteroatoms. The van der Waals surface area contributed by atoms with Crippen LogP contribution in [0.5, 0.6) is 0 Å². The number of hydrogen-bond donors (Lipinski definition) is 2. The van der Waals surface area contributed by atoms with Crippen LogP contribution in [-0.2, 0) is 36.4 Å². The van der Waals surface area contributed by atoms with Crippen LogP contribution in [0, 0.1) is 0 Å². The summed E-state index contributed by atoms with van der Waals surface area (Å²) in [5, 5.41) is 0. The average molecular weight is 406 g/mol. The molecule has 0 saturated carbocycles. The minimum absolute atomic E-state index is 0. The van der Waals surface area contributed by atoms with Gasteiger partial charge in [0.2, 0.25) is 0 Å². The molecule has 0 amide bonds. The summed E-state index contributed by atoms with van der Waals surface area (Å²) in [5.41, 5.74) is 0. The normalized spacial score (nSPS) is 12.7. The van der Waals surface area contributed by atoms with E-state index in [0.29, 0.717) is 0 Å². The predicted octanol–water partition coefficient (Wildman–Crippen LogP) is 0.193. The molecule has 0 atom stereocenters. The van der Waals surface area contributed by atoms with Gasteiger partial charge in [-0.1, -0.05) is 0 Å². The summed E-state index contributed by atoms with van der Waals surface area (Å²) < 4.78 is 9.63. The van der Waals surface area contributed by atoms with Gasteiger partial charge in [-0.15, -0.1) is 0 Å². The Morgan fingerprint density at radius 2 is 1.17 bits per heavy atom. The summed E-state index contributed by atoms with van der Waals surface area (Å²) in [6.45, 7) is 0. The van der Waals surface area contributed by atoms with Crippen molar-refractivity contribution in [2.45, 2.75) is 0 Å². The summed E-state index contributed by atoms with van der Waals surface area (Å²) >= 11 is -2.76. The molecule has 0 rings (SSSR count). The van der Waals surface area contributed by atoms with Crippen LogP contribution in [0.1, 0.15) is 0 Å². The second-order valence-corrected chi connectivity index (χ2v) is 7.93. The molecule has 0 aliphatic carbocycles. The second-order valence-electron chi connectivity index (χ2n) is 0.427. The molecule has 0 aromatic carbocycles. The van der Waals surface area contributed by atoms with Crippen LogP contribution >= 0.6 is 19.1 Å². The van der Waals surface area contributed by atoms with Gasteiger partial charge in [-0.25, -0.2) is 0 Å². The first-order chi connectivity index (χ1) is 2.00. The van der Waals surface area contributed by atoms with E-state index in [1.54, 1.807) is 0 Å². The summed E-state index contributed by atoms with van der Waals surface area (Å²) in [6.07, 6.45) is 0. The SMILES string of the molecule is [Au].[NH2][Pd]([NH2])([Cl])[Cl]. The zero-order valence-electron chi connectivity index (χ0n) is 2.53. The van der Waals surface area contributed by atoms with Gasteiger partial charge in [-0.3, -0.25) is 0 Å². The van der Waals surface area contributed by atoms with Crippen LogP contribution in [0.4, 0.5) is 0 Å². The topological polar surface area (TPSA) is 52.0 Å². The van der Waals surface area contributed by atoms with Crippen LogP contribution in [0.15, 0.2) is 0 Å². The molecule has 0 heterocycles. The fraction of sp³-hybridized carbons (Fsp3) is 0. The van der Waals surface area contributed by atoms with Crippen LogP contribution in [0.2, 0.25) is 0 Å². The van der Waals surface area contributed by atoms with E-state index in [-0.39, 0.29) is 22.4 Å². The van der Waals surface area contributed by atoms with Crippen LogP contribution < -0.4 is 8.73 Å². The van der Waals surface area contributed by atoms with Gasteiger partial charge in [0.05, 0.1) is 0 Å². The molecular weight excluding hydrogens is 402 g/mol. The van der Waals surface area contributed by atoms with Gasteiger partial charge in [-0.05, 0) is 0 Å². The van der Waals surface area contributed by atoms with Crippen molar-refractivity contribution in [1.82, 2.24) is 0 Å². The third-order valence-corrected chi connectivity index (χ3v) is 0. The summed E-state index contributed by atoms with van der Waals surface area (Å²) in [5.74, 6) is 0. The standard InChI is InChI=1S/Au.2ClH.2H2N.Pd/h;2*1H;2*1H2;/q;;;2*-1;+4/p-2. The van der Waals surface area contributed by atoms with Gasteiger partial charge < -0.3 is 0 Å². The Hall–Kier alpha value is 1.90. The van der Waals surface area contributed by atoms with E-state index in [1.807, 2.05) is 0 Å². The summed E-state index contributed by atoms with van der Waals surface area (Å²) in [6, 6.07) is 0. The number of rotatable bonds is 0. The Labute approximate surface area is 63.6 Å². The van der Waals surface area contributed by atoms with Gasteiger partial charge in [0, 0.05) is 22.4 Å². The van der Waals surface area contributed by atoms with Gasteiger partial charge >= 0.3 is 41.8 Å². The van der Waals surface area contributed by atoms with Crippen molar-refractivity contribution < 1.29 is 36.4 Å². The fourth-order valence-electron chi connectivity index (χ4n) is 0. The van der Waals surface area contributed by atoms with Crippen molar-refractivity contribution in [2.24, 2.45) is 8.73 Å². The Morgan fingerprint density at radius 1 is 1.17 bits per heavy atom. The molecule has 49 valence electrons. The molecule has 6 heavy (non-hydrogen) atoms. The first-order valence-electron chi connectivity index (χ1n) is 0.604. The van der Waals surface area contributed by atoms with Crippen LogP contribution in [-0.4, -0.2) is 0 Å². The van der Waals surface area contributed by atoms with E-state index in [9.17, 15) is 0 Å². The predicted molar refractivity (Wildman–Crippen MR) is 20.1 cm³/mol. The molecule has 0 saturated heterocycles. The number of halogens is 2. The molecule has 0 aliphatic rings. The molecule has 0 spiro atoms. The van der Waals surface area contributed by atoms with Crippen LogP contribution in [0.25, 0.3) is 0 Å². The molecular formula is H4AuCl2N2Pd. The summed E-state index contributed by atoms with van der Waals surface area (Å²) in [7, 11) is 10.0. The van der Waals surface area contributed by atoms with Gasteiger partial charge in [-0.2, -0.15) is 0 Å². The van der Waals surface area contributed by atoms with Crippen molar-refractivity contribution in [3.8, 4) is 0 Å². The third kappa shape index (κ3) is 39.2. The Balaban J connectivity index is 0. The Kier molecular flexibility index (Phi) is 6.94. The van der Waals surface area contributed by atoms with E-state index in [4.69, 9.17) is 27.8 Å². The zero-order chi connectivity index (χ0) is 4.50. The van der Waals surface area contributed by atoms with Gasteiger partial charge in [0.15, 0.2) is 0 Å². The first kappa shape index (κ1) is 10.8. The molecule has 2 nitrogen and oxygen atoms in total. The van der Waals surface area contributed by atoms with Crippen molar-refractivity contribution in [2.75, 3.05) is 0 Å². The molecule has 0 unspecified atom stereocenters.